The van der Waals surface area contributed by atoms with Crippen molar-refractivity contribution in [2.75, 3.05) is 13.1 Å². The van der Waals surface area contributed by atoms with Crippen molar-refractivity contribution < 1.29 is 23.1 Å². The quantitative estimate of drug-likeness (QED) is 0.503. The number of carbonyl (C=O) groups excluding carboxylic acids is 1. The Kier molecular flexibility index (Phi) is 5.83. The molecule has 2 amide bonds. The number of hydrogen-bond acceptors (Lipinski definition) is 2. The van der Waals surface area contributed by atoms with E-state index in [9.17, 15) is 23.1 Å². The maximum atomic E-state index is 14.2. The number of aromatic nitrogens is 1. The van der Waals surface area contributed by atoms with Gasteiger partial charge in [-0.3, -0.25) is 0 Å². The second-order valence-electron chi connectivity index (χ2n) is 7.47. The van der Waals surface area contributed by atoms with Gasteiger partial charge in [-0.05, 0) is 61.7 Å². The number of H-pyrrole nitrogens is 1. The largest absolute Gasteiger partial charge is 0.389 e. The highest BCUT2D eigenvalue weighted by atomic mass is 19.1. The Labute approximate surface area is 165 Å². The fraction of sp³-hybridized carbons (Fsp3) is 0.286. The van der Waals surface area contributed by atoms with Gasteiger partial charge in [0.2, 0.25) is 0 Å². The molecule has 2 aromatic carbocycles. The average molecular weight is 405 g/mol. The molecule has 3 rings (SSSR count). The number of hydrogen-bond donors (Lipinski definition) is 4. The first-order valence-electron chi connectivity index (χ1n) is 9.13. The minimum atomic E-state index is -1.04. The summed E-state index contributed by atoms with van der Waals surface area (Å²) in [5, 5.41) is 15.2. The summed E-state index contributed by atoms with van der Waals surface area (Å²) in [7, 11) is 0. The first-order valence-corrected chi connectivity index (χ1v) is 9.13. The molecule has 0 spiro atoms. The smallest absolute Gasteiger partial charge is 0.314 e. The topological polar surface area (TPSA) is 77.2 Å². The second-order valence-corrected chi connectivity index (χ2v) is 7.47. The molecule has 8 heteroatoms. The number of rotatable bonds is 6. The van der Waals surface area contributed by atoms with Crippen LogP contribution in [0.2, 0.25) is 0 Å². The second kappa shape index (κ2) is 8.16. The molecule has 0 aliphatic heterocycles. The zero-order valence-electron chi connectivity index (χ0n) is 16.1. The first kappa shape index (κ1) is 20.7. The summed E-state index contributed by atoms with van der Waals surface area (Å²) < 4.78 is 41.3. The van der Waals surface area contributed by atoms with Crippen LogP contribution < -0.4 is 10.6 Å². The zero-order valence-corrected chi connectivity index (χ0v) is 16.1. The maximum Gasteiger partial charge on any atom is 0.314 e. The van der Waals surface area contributed by atoms with Gasteiger partial charge < -0.3 is 20.7 Å². The highest BCUT2D eigenvalue weighted by Gasteiger charge is 2.18. The van der Waals surface area contributed by atoms with Crippen LogP contribution in [-0.2, 0) is 6.42 Å². The van der Waals surface area contributed by atoms with Crippen molar-refractivity contribution in [3.05, 3.63) is 59.4 Å². The number of aliphatic hydroxyl groups is 1. The van der Waals surface area contributed by atoms with Crippen LogP contribution in [0.15, 0.2) is 36.4 Å². The molecule has 1 heterocycles. The Balaban J connectivity index is 1.86. The van der Waals surface area contributed by atoms with Crippen LogP contribution >= 0.6 is 0 Å². The summed E-state index contributed by atoms with van der Waals surface area (Å²) in [6.07, 6.45) is 0.283. The molecule has 3 aromatic rings. The molecule has 4 N–H and O–H groups in total. The van der Waals surface area contributed by atoms with Crippen LogP contribution in [0.4, 0.5) is 18.0 Å². The number of benzene rings is 2. The van der Waals surface area contributed by atoms with Gasteiger partial charge in [-0.25, -0.2) is 18.0 Å². The van der Waals surface area contributed by atoms with Crippen LogP contribution in [0.1, 0.15) is 19.4 Å². The molecule has 0 saturated heterocycles. The number of aromatic amines is 1. The molecule has 1 aromatic heterocycles. The molecule has 29 heavy (non-hydrogen) atoms. The van der Waals surface area contributed by atoms with Crippen molar-refractivity contribution in [2.24, 2.45) is 0 Å². The Bertz CT molecular complexity index is 1020. The Hall–Kier alpha value is -3.00. The molecule has 0 radical (unpaired) electrons. The van der Waals surface area contributed by atoms with Crippen molar-refractivity contribution in [1.29, 1.82) is 0 Å². The first-order chi connectivity index (χ1) is 13.6. The number of nitrogens with one attached hydrogen (secondary N) is 3. The van der Waals surface area contributed by atoms with Crippen molar-refractivity contribution in [3.8, 4) is 11.3 Å². The molecule has 154 valence electrons. The van der Waals surface area contributed by atoms with Gasteiger partial charge in [-0.15, -0.1) is 0 Å². The summed E-state index contributed by atoms with van der Waals surface area (Å²) in [6.45, 7) is 3.40. The van der Waals surface area contributed by atoms with Gasteiger partial charge in [0, 0.05) is 30.2 Å². The highest BCUT2D eigenvalue weighted by Crippen LogP contribution is 2.32. The maximum absolute atomic E-state index is 14.2. The SMILES string of the molecule is CC(C)(O)CNC(=O)NCCc1c(-c2ccc(F)cc2)[nH]c2c(F)cc(F)cc12. The van der Waals surface area contributed by atoms with E-state index in [2.05, 4.69) is 15.6 Å². The number of fused-ring (bicyclic) bond motifs is 1. The van der Waals surface area contributed by atoms with E-state index in [1.165, 1.54) is 18.2 Å². The van der Waals surface area contributed by atoms with Crippen molar-refractivity contribution in [2.45, 2.75) is 25.9 Å². The van der Waals surface area contributed by atoms with E-state index in [1.807, 2.05) is 0 Å². The van der Waals surface area contributed by atoms with Gasteiger partial charge in [0.25, 0.3) is 0 Å². The van der Waals surface area contributed by atoms with Gasteiger partial charge in [0.05, 0.1) is 11.1 Å². The predicted octanol–water partition coefficient (Wildman–Crippen LogP) is 3.86. The lowest BCUT2D eigenvalue weighted by Crippen LogP contribution is -2.43. The normalized spacial score (nSPS) is 11.7. The minimum Gasteiger partial charge on any atom is -0.389 e. The average Bonchev–Trinajstić information content (AvgIpc) is 2.99. The van der Waals surface area contributed by atoms with E-state index in [4.69, 9.17) is 0 Å². The fourth-order valence-corrected chi connectivity index (χ4v) is 3.06. The van der Waals surface area contributed by atoms with Gasteiger partial charge in [0.15, 0.2) is 0 Å². The van der Waals surface area contributed by atoms with Crippen molar-refractivity contribution in [1.82, 2.24) is 15.6 Å². The van der Waals surface area contributed by atoms with Crippen LogP contribution in [-0.4, -0.2) is 34.8 Å². The molecule has 0 aliphatic rings. The Morgan fingerprint density at radius 1 is 1.07 bits per heavy atom. The lowest BCUT2D eigenvalue weighted by atomic mass is 10.0. The molecule has 5 nitrogen and oxygen atoms in total. The fourth-order valence-electron chi connectivity index (χ4n) is 3.06. The van der Waals surface area contributed by atoms with Crippen molar-refractivity contribution in [3.63, 3.8) is 0 Å². The van der Waals surface area contributed by atoms with Gasteiger partial charge >= 0.3 is 6.03 Å². The van der Waals surface area contributed by atoms with Crippen molar-refractivity contribution >= 4 is 16.9 Å². The minimum absolute atomic E-state index is 0.0726. The summed E-state index contributed by atoms with van der Waals surface area (Å²) in [5.41, 5.74) is 0.853. The molecule has 0 fully saturated rings. The highest BCUT2D eigenvalue weighted by molar-refractivity contribution is 5.91. The molecular weight excluding hydrogens is 383 g/mol. The number of carbonyl (C=O) groups is 1. The molecular formula is C21H22F3N3O2. The third kappa shape index (κ3) is 5.08. The summed E-state index contributed by atoms with van der Waals surface area (Å²) in [4.78, 5) is 14.8. The third-order valence-corrected chi connectivity index (χ3v) is 4.41. The number of halogens is 3. The van der Waals surface area contributed by atoms with E-state index in [0.717, 1.165) is 6.07 Å². The molecule has 0 unspecified atom stereocenters. The van der Waals surface area contributed by atoms with Crippen LogP contribution in [0, 0.1) is 17.5 Å². The van der Waals surface area contributed by atoms with Gasteiger partial charge in [-0.1, -0.05) is 0 Å². The lowest BCUT2D eigenvalue weighted by molar-refractivity contribution is 0.0819. The molecule has 0 saturated carbocycles. The predicted molar refractivity (Wildman–Crippen MR) is 105 cm³/mol. The van der Waals surface area contributed by atoms with E-state index < -0.39 is 29.1 Å². The van der Waals surface area contributed by atoms with Gasteiger partial charge in [0.1, 0.15) is 17.5 Å². The standard InChI is InChI=1S/C21H22F3N3O2/c1-21(2,29)11-26-20(28)25-8-7-15-16-9-14(23)10-17(24)19(16)27-18(15)12-3-5-13(22)6-4-12/h3-6,9-10,27,29H,7-8,11H2,1-2H3,(H2,25,26,28). The van der Waals surface area contributed by atoms with Gasteiger partial charge in [-0.2, -0.15) is 0 Å². The van der Waals surface area contributed by atoms with E-state index in [1.54, 1.807) is 26.0 Å². The lowest BCUT2D eigenvalue weighted by Gasteiger charge is -2.17. The Morgan fingerprint density at radius 2 is 1.76 bits per heavy atom. The zero-order chi connectivity index (χ0) is 21.2. The summed E-state index contributed by atoms with van der Waals surface area (Å²) >= 11 is 0. The summed E-state index contributed by atoms with van der Waals surface area (Å²) in [6, 6.07) is 7.20. The van der Waals surface area contributed by atoms with E-state index >= 15 is 0 Å². The van der Waals surface area contributed by atoms with Crippen LogP contribution in [0.3, 0.4) is 0 Å². The monoisotopic (exact) mass is 405 g/mol. The third-order valence-electron chi connectivity index (χ3n) is 4.41. The Morgan fingerprint density at radius 3 is 2.41 bits per heavy atom. The number of amides is 2. The molecule has 0 bridgehead atoms. The van der Waals surface area contributed by atoms with Crippen LogP contribution in [0.5, 0.6) is 0 Å². The summed E-state index contributed by atoms with van der Waals surface area (Å²) in [5.74, 6) is -1.85. The molecule has 0 atom stereocenters. The van der Waals surface area contributed by atoms with Crippen LogP contribution in [0.25, 0.3) is 22.2 Å². The molecule has 0 aliphatic carbocycles. The number of urea groups is 1. The van der Waals surface area contributed by atoms with E-state index in [-0.39, 0.29) is 25.0 Å². The van der Waals surface area contributed by atoms with E-state index in [0.29, 0.717) is 22.2 Å².